The van der Waals surface area contributed by atoms with E-state index in [1.54, 1.807) is 12.4 Å². The van der Waals surface area contributed by atoms with Gasteiger partial charge in [-0.15, -0.1) is 0 Å². The lowest BCUT2D eigenvalue weighted by Crippen LogP contribution is -2.07. The highest BCUT2D eigenvalue weighted by atomic mass is 16.5. The predicted octanol–water partition coefficient (Wildman–Crippen LogP) is 2.38. The van der Waals surface area contributed by atoms with Gasteiger partial charge in [-0.2, -0.15) is 0 Å². The van der Waals surface area contributed by atoms with Crippen molar-refractivity contribution in [2.75, 3.05) is 7.05 Å². The Kier molecular flexibility index (Phi) is 4.11. The first-order valence-corrected chi connectivity index (χ1v) is 5.64. The van der Waals surface area contributed by atoms with E-state index in [1.807, 2.05) is 37.4 Å². The third-order valence-corrected chi connectivity index (χ3v) is 2.48. The van der Waals surface area contributed by atoms with E-state index in [9.17, 15) is 0 Å². The molecular formula is C14H16N2O. The van der Waals surface area contributed by atoms with Crippen LogP contribution in [0.2, 0.25) is 0 Å². The van der Waals surface area contributed by atoms with Crippen molar-refractivity contribution in [2.24, 2.45) is 0 Å². The molecule has 88 valence electrons. The normalized spacial score (nSPS) is 10.2. The summed E-state index contributed by atoms with van der Waals surface area (Å²) in [5.74, 6) is 0.929. The van der Waals surface area contributed by atoms with Crippen LogP contribution in [0.25, 0.3) is 0 Å². The SMILES string of the molecule is CNCc1ccccc1OCc1ccncc1. The van der Waals surface area contributed by atoms with Crippen molar-refractivity contribution in [3.63, 3.8) is 0 Å². The molecular weight excluding hydrogens is 212 g/mol. The molecule has 1 aromatic heterocycles. The fraction of sp³-hybridized carbons (Fsp3) is 0.214. The third-order valence-electron chi connectivity index (χ3n) is 2.48. The summed E-state index contributed by atoms with van der Waals surface area (Å²) in [6.07, 6.45) is 3.55. The molecule has 0 aliphatic heterocycles. The van der Waals surface area contributed by atoms with E-state index in [-0.39, 0.29) is 0 Å². The van der Waals surface area contributed by atoms with Crippen LogP contribution in [0.5, 0.6) is 5.75 Å². The molecule has 17 heavy (non-hydrogen) atoms. The number of rotatable bonds is 5. The van der Waals surface area contributed by atoms with Gasteiger partial charge in [0.1, 0.15) is 12.4 Å². The summed E-state index contributed by atoms with van der Waals surface area (Å²) in [5, 5.41) is 3.13. The van der Waals surface area contributed by atoms with Crippen molar-refractivity contribution < 1.29 is 4.74 Å². The third kappa shape index (κ3) is 3.29. The van der Waals surface area contributed by atoms with Gasteiger partial charge in [0, 0.05) is 24.5 Å². The van der Waals surface area contributed by atoms with Crippen LogP contribution in [-0.4, -0.2) is 12.0 Å². The summed E-state index contributed by atoms with van der Waals surface area (Å²) in [7, 11) is 1.93. The highest BCUT2D eigenvalue weighted by Crippen LogP contribution is 2.18. The Morgan fingerprint density at radius 3 is 2.65 bits per heavy atom. The zero-order valence-corrected chi connectivity index (χ0v) is 9.89. The number of hydrogen-bond acceptors (Lipinski definition) is 3. The molecule has 3 nitrogen and oxygen atoms in total. The summed E-state index contributed by atoms with van der Waals surface area (Å²) in [4.78, 5) is 3.98. The van der Waals surface area contributed by atoms with Crippen LogP contribution in [0.1, 0.15) is 11.1 Å². The van der Waals surface area contributed by atoms with Gasteiger partial charge >= 0.3 is 0 Å². The molecule has 0 spiro atoms. The fourth-order valence-corrected chi connectivity index (χ4v) is 1.62. The minimum atomic E-state index is 0.573. The van der Waals surface area contributed by atoms with E-state index in [2.05, 4.69) is 16.4 Å². The van der Waals surface area contributed by atoms with Gasteiger partial charge in [-0.1, -0.05) is 18.2 Å². The lowest BCUT2D eigenvalue weighted by molar-refractivity contribution is 0.302. The highest BCUT2D eigenvalue weighted by Gasteiger charge is 2.01. The molecule has 0 fully saturated rings. The van der Waals surface area contributed by atoms with E-state index in [0.29, 0.717) is 6.61 Å². The molecule has 0 saturated carbocycles. The summed E-state index contributed by atoms with van der Waals surface area (Å²) >= 11 is 0. The van der Waals surface area contributed by atoms with E-state index in [0.717, 1.165) is 17.9 Å². The Bertz CT molecular complexity index is 457. The van der Waals surface area contributed by atoms with Crippen LogP contribution in [-0.2, 0) is 13.2 Å². The number of hydrogen-bond donors (Lipinski definition) is 1. The molecule has 1 N–H and O–H groups in total. The van der Waals surface area contributed by atoms with Crippen LogP contribution in [0.15, 0.2) is 48.8 Å². The van der Waals surface area contributed by atoms with E-state index >= 15 is 0 Å². The molecule has 0 aliphatic carbocycles. The molecule has 0 saturated heterocycles. The van der Waals surface area contributed by atoms with Gasteiger partial charge in [0.2, 0.25) is 0 Å². The van der Waals surface area contributed by atoms with Crippen molar-refractivity contribution in [1.82, 2.24) is 10.3 Å². The molecule has 0 amide bonds. The molecule has 1 aromatic carbocycles. The zero-order valence-electron chi connectivity index (χ0n) is 9.89. The van der Waals surface area contributed by atoms with Crippen LogP contribution in [0, 0.1) is 0 Å². The second-order valence-electron chi connectivity index (χ2n) is 3.78. The number of nitrogens with one attached hydrogen (secondary N) is 1. The number of pyridine rings is 1. The number of ether oxygens (including phenoxy) is 1. The van der Waals surface area contributed by atoms with Crippen molar-refractivity contribution in [1.29, 1.82) is 0 Å². The first-order chi connectivity index (χ1) is 8.40. The van der Waals surface area contributed by atoms with Gasteiger partial charge in [-0.25, -0.2) is 0 Å². The Morgan fingerprint density at radius 2 is 1.88 bits per heavy atom. The molecule has 2 rings (SSSR count). The molecule has 3 heteroatoms. The molecule has 2 aromatic rings. The number of nitrogens with zero attached hydrogens (tertiary/aromatic N) is 1. The Morgan fingerprint density at radius 1 is 1.12 bits per heavy atom. The van der Waals surface area contributed by atoms with Crippen molar-refractivity contribution in [3.8, 4) is 5.75 Å². The second-order valence-corrected chi connectivity index (χ2v) is 3.78. The molecule has 0 bridgehead atoms. The Labute approximate surface area is 101 Å². The smallest absolute Gasteiger partial charge is 0.124 e. The summed E-state index contributed by atoms with van der Waals surface area (Å²) in [6.45, 7) is 1.38. The Balaban J connectivity index is 2.03. The predicted molar refractivity (Wildman–Crippen MR) is 67.8 cm³/mol. The van der Waals surface area contributed by atoms with Gasteiger partial charge in [-0.3, -0.25) is 4.98 Å². The summed E-state index contributed by atoms with van der Waals surface area (Å²) in [6, 6.07) is 12.0. The molecule has 0 atom stereocenters. The Hall–Kier alpha value is -1.87. The van der Waals surface area contributed by atoms with Gasteiger partial charge in [0.25, 0.3) is 0 Å². The second kappa shape index (κ2) is 6.01. The monoisotopic (exact) mass is 228 g/mol. The average Bonchev–Trinajstić information content (AvgIpc) is 2.39. The standard InChI is InChI=1S/C14H16N2O/c1-15-10-13-4-2-3-5-14(13)17-11-12-6-8-16-9-7-12/h2-9,15H,10-11H2,1H3. The van der Waals surface area contributed by atoms with Gasteiger partial charge in [0.05, 0.1) is 0 Å². The van der Waals surface area contributed by atoms with Gasteiger partial charge < -0.3 is 10.1 Å². The fourth-order valence-electron chi connectivity index (χ4n) is 1.62. The number of aromatic nitrogens is 1. The molecule has 0 aliphatic rings. The summed E-state index contributed by atoms with van der Waals surface area (Å²) < 4.78 is 5.81. The summed E-state index contributed by atoms with van der Waals surface area (Å²) in [5.41, 5.74) is 2.29. The lowest BCUT2D eigenvalue weighted by Gasteiger charge is -2.10. The van der Waals surface area contributed by atoms with Crippen LogP contribution in [0.4, 0.5) is 0 Å². The van der Waals surface area contributed by atoms with Crippen LogP contribution < -0.4 is 10.1 Å². The zero-order chi connectivity index (χ0) is 11.9. The highest BCUT2D eigenvalue weighted by molar-refractivity contribution is 5.33. The lowest BCUT2D eigenvalue weighted by atomic mass is 10.2. The number of para-hydroxylation sites is 1. The van der Waals surface area contributed by atoms with Gasteiger partial charge in [0.15, 0.2) is 0 Å². The van der Waals surface area contributed by atoms with E-state index in [4.69, 9.17) is 4.74 Å². The molecule has 0 unspecified atom stereocenters. The van der Waals surface area contributed by atoms with Crippen LogP contribution in [0.3, 0.4) is 0 Å². The van der Waals surface area contributed by atoms with E-state index < -0.39 is 0 Å². The average molecular weight is 228 g/mol. The maximum Gasteiger partial charge on any atom is 0.124 e. The first kappa shape index (κ1) is 11.6. The van der Waals surface area contributed by atoms with E-state index in [1.165, 1.54) is 5.56 Å². The minimum absolute atomic E-state index is 0.573. The molecule has 1 heterocycles. The van der Waals surface area contributed by atoms with Crippen molar-refractivity contribution in [2.45, 2.75) is 13.2 Å². The topological polar surface area (TPSA) is 34.1 Å². The quantitative estimate of drug-likeness (QED) is 0.853. The van der Waals surface area contributed by atoms with Gasteiger partial charge in [-0.05, 0) is 30.8 Å². The maximum absolute atomic E-state index is 5.81. The largest absolute Gasteiger partial charge is 0.489 e. The number of benzene rings is 1. The molecule has 0 radical (unpaired) electrons. The maximum atomic E-state index is 5.81. The first-order valence-electron chi connectivity index (χ1n) is 5.64. The van der Waals surface area contributed by atoms with Crippen LogP contribution >= 0.6 is 0 Å². The van der Waals surface area contributed by atoms with Crippen molar-refractivity contribution >= 4 is 0 Å². The minimum Gasteiger partial charge on any atom is -0.489 e. The van der Waals surface area contributed by atoms with Crippen molar-refractivity contribution in [3.05, 3.63) is 59.9 Å².